The Hall–Kier alpha value is -1.30. The highest BCUT2D eigenvalue weighted by atomic mass is 35.5. The summed E-state index contributed by atoms with van der Waals surface area (Å²) in [5, 5.41) is 10.2. The lowest BCUT2D eigenvalue weighted by Gasteiger charge is -2.37. The number of carbonyl (C=O) groups is 1. The molecular weight excluding hydrogens is 296 g/mol. The smallest absolute Gasteiger partial charge is 0.339 e. The van der Waals surface area contributed by atoms with Gasteiger partial charge in [0.15, 0.2) is 6.10 Å². The Morgan fingerprint density at radius 3 is 2.76 bits per heavy atom. The molecule has 0 radical (unpaired) electrons. The van der Waals surface area contributed by atoms with E-state index in [1.165, 1.54) is 6.07 Å². The Kier molecular flexibility index (Phi) is 5.08. The van der Waals surface area contributed by atoms with Gasteiger partial charge in [0.25, 0.3) is 0 Å². The molecule has 1 aromatic carbocycles. The van der Waals surface area contributed by atoms with Crippen molar-refractivity contribution in [1.82, 2.24) is 0 Å². The van der Waals surface area contributed by atoms with Gasteiger partial charge in [0.1, 0.15) is 5.75 Å². The molecule has 0 aromatic heterocycles. The fourth-order valence-electron chi connectivity index (χ4n) is 1.95. The molecular formula is C15H19ClO5. The zero-order valence-corrected chi connectivity index (χ0v) is 12.9. The topological polar surface area (TPSA) is 65.0 Å². The predicted molar refractivity (Wildman–Crippen MR) is 77.5 cm³/mol. The van der Waals surface area contributed by atoms with E-state index in [0.717, 1.165) is 0 Å². The Bertz CT molecular complexity index is 513. The van der Waals surface area contributed by atoms with Crippen LogP contribution in [0.4, 0.5) is 0 Å². The van der Waals surface area contributed by atoms with Crippen molar-refractivity contribution in [3.05, 3.63) is 28.8 Å². The summed E-state index contributed by atoms with van der Waals surface area (Å²) in [6, 6.07) is 4.75. The highest BCUT2D eigenvalue weighted by Crippen LogP contribution is 2.32. The molecule has 5 nitrogen and oxygen atoms in total. The maximum Gasteiger partial charge on any atom is 0.339 e. The van der Waals surface area contributed by atoms with Gasteiger partial charge in [-0.3, -0.25) is 0 Å². The van der Waals surface area contributed by atoms with E-state index in [-0.39, 0.29) is 12.0 Å². The highest BCUT2D eigenvalue weighted by Gasteiger charge is 2.34. The molecule has 1 unspecified atom stereocenters. The average Bonchev–Trinajstić information content (AvgIpc) is 2.43. The molecule has 0 bridgehead atoms. The summed E-state index contributed by atoms with van der Waals surface area (Å²) in [6.45, 7) is 5.81. The Balaban J connectivity index is 2.01. The third-order valence-corrected chi connectivity index (χ3v) is 3.55. The number of ether oxygens (including phenoxy) is 3. The molecule has 1 saturated heterocycles. The second-order valence-electron chi connectivity index (χ2n) is 5.44. The van der Waals surface area contributed by atoms with Crippen LogP contribution in [0.1, 0.15) is 25.5 Å². The van der Waals surface area contributed by atoms with Gasteiger partial charge in [0, 0.05) is 5.41 Å². The van der Waals surface area contributed by atoms with Gasteiger partial charge in [0.2, 0.25) is 0 Å². The van der Waals surface area contributed by atoms with Crippen LogP contribution in [0, 0.1) is 5.41 Å². The first-order valence-electron chi connectivity index (χ1n) is 6.80. The summed E-state index contributed by atoms with van der Waals surface area (Å²) in [4.78, 5) is 11.5. The van der Waals surface area contributed by atoms with Crippen molar-refractivity contribution < 1.29 is 24.1 Å². The van der Waals surface area contributed by atoms with Crippen molar-refractivity contribution in [3.63, 3.8) is 0 Å². The first-order chi connectivity index (χ1) is 9.95. The maximum absolute atomic E-state index is 11.5. The van der Waals surface area contributed by atoms with E-state index < -0.39 is 12.1 Å². The van der Waals surface area contributed by atoms with Gasteiger partial charge < -0.3 is 19.3 Å². The van der Waals surface area contributed by atoms with E-state index in [4.69, 9.17) is 25.8 Å². The summed E-state index contributed by atoms with van der Waals surface area (Å²) in [7, 11) is 0. The number of halogens is 1. The van der Waals surface area contributed by atoms with Gasteiger partial charge >= 0.3 is 5.97 Å². The zero-order chi connectivity index (χ0) is 15.5. The molecule has 1 N–H and O–H groups in total. The normalized spacial score (nSPS) is 17.7. The third kappa shape index (κ3) is 3.87. The molecule has 1 aliphatic rings. The van der Waals surface area contributed by atoms with Crippen molar-refractivity contribution in [2.24, 2.45) is 5.41 Å². The lowest BCUT2D eigenvalue weighted by Crippen LogP contribution is -2.44. The number of aliphatic hydroxyl groups is 1. The molecule has 1 fully saturated rings. The van der Waals surface area contributed by atoms with E-state index in [0.29, 0.717) is 36.2 Å². The number of carbonyl (C=O) groups excluding carboxylic acids is 1. The second-order valence-corrected chi connectivity index (χ2v) is 5.84. The molecule has 6 heteroatoms. The summed E-state index contributed by atoms with van der Waals surface area (Å²) < 4.78 is 15.6. The predicted octanol–water partition coefficient (Wildman–Crippen LogP) is 2.35. The number of benzene rings is 1. The number of hydrogen-bond donors (Lipinski definition) is 1. The fraction of sp³-hybridized carbons (Fsp3) is 0.533. The lowest BCUT2D eigenvalue weighted by molar-refractivity contribution is -0.153. The SMILES string of the molecule is CCOC(=O)C(O)c1ccc(OCC2(C)COC2)c(Cl)c1. The largest absolute Gasteiger partial charge is 0.491 e. The van der Waals surface area contributed by atoms with E-state index in [2.05, 4.69) is 6.92 Å². The van der Waals surface area contributed by atoms with Crippen molar-refractivity contribution >= 4 is 17.6 Å². The summed E-state index contributed by atoms with van der Waals surface area (Å²) in [6.07, 6.45) is -1.34. The second kappa shape index (κ2) is 6.64. The van der Waals surface area contributed by atoms with Crippen LogP contribution in [0.5, 0.6) is 5.75 Å². The monoisotopic (exact) mass is 314 g/mol. The summed E-state index contributed by atoms with van der Waals surface area (Å²) >= 11 is 6.13. The van der Waals surface area contributed by atoms with Crippen LogP contribution < -0.4 is 4.74 Å². The minimum atomic E-state index is -1.34. The molecule has 0 spiro atoms. The number of esters is 1. The van der Waals surface area contributed by atoms with Crippen molar-refractivity contribution in [2.75, 3.05) is 26.4 Å². The average molecular weight is 315 g/mol. The van der Waals surface area contributed by atoms with Gasteiger partial charge in [-0.25, -0.2) is 4.79 Å². The third-order valence-electron chi connectivity index (χ3n) is 3.26. The van der Waals surface area contributed by atoms with Crippen LogP contribution >= 0.6 is 11.6 Å². The van der Waals surface area contributed by atoms with Gasteiger partial charge in [0.05, 0.1) is 31.5 Å². The standard InChI is InChI=1S/C15H19ClO5/c1-3-20-14(18)13(17)10-4-5-12(11(16)6-10)21-9-15(2)7-19-8-15/h4-6,13,17H,3,7-9H2,1-2H3. The minimum absolute atomic E-state index is 0.0203. The van der Waals surface area contributed by atoms with Crippen LogP contribution in [0.15, 0.2) is 18.2 Å². The van der Waals surface area contributed by atoms with Crippen LogP contribution in [0.2, 0.25) is 5.02 Å². The fourth-order valence-corrected chi connectivity index (χ4v) is 2.19. The highest BCUT2D eigenvalue weighted by molar-refractivity contribution is 6.32. The molecule has 1 atom stereocenters. The molecule has 1 heterocycles. The van der Waals surface area contributed by atoms with E-state index in [9.17, 15) is 9.90 Å². The van der Waals surface area contributed by atoms with Crippen LogP contribution in [0.3, 0.4) is 0 Å². The van der Waals surface area contributed by atoms with Gasteiger partial charge in [-0.1, -0.05) is 24.6 Å². The molecule has 2 rings (SSSR count). The molecule has 1 aliphatic heterocycles. The first-order valence-corrected chi connectivity index (χ1v) is 7.18. The zero-order valence-electron chi connectivity index (χ0n) is 12.1. The molecule has 0 aliphatic carbocycles. The Morgan fingerprint density at radius 1 is 1.52 bits per heavy atom. The van der Waals surface area contributed by atoms with Crippen LogP contribution in [0.25, 0.3) is 0 Å². The number of aliphatic hydroxyl groups excluding tert-OH is 1. The number of rotatable bonds is 6. The quantitative estimate of drug-likeness (QED) is 0.817. The van der Waals surface area contributed by atoms with Gasteiger partial charge in [-0.15, -0.1) is 0 Å². The van der Waals surface area contributed by atoms with Gasteiger partial charge in [-0.05, 0) is 24.6 Å². The molecule has 0 saturated carbocycles. The van der Waals surface area contributed by atoms with Gasteiger partial charge in [-0.2, -0.15) is 0 Å². The summed E-state index contributed by atoms with van der Waals surface area (Å²) in [5.74, 6) is -0.175. The van der Waals surface area contributed by atoms with Crippen molar-refractivity contribution in [2.45, 2.75) is 20.0 Å². The molecule has 21 heavy (non-hydrogen) atoms. The van der Waals surface area contributed by atoms with Crippen molar-refractivity contribution in [1.29, 1.82) is 0 Å². The Labute approximate surface area is 128 Å². The first kappa shape index (κ1) is 16.1. The number of hydrogen-bond acceptors (Lipinski definition) is 5. The van der Waals surface area contributed by atoms with Crippen LogP contribution in [-0.4, -0.2) is 37.5 Å². The minimum Gasteiger partial charge on any atom is -0.491 e. The van der Waals surface area contributed by atoms with Crippen molar-refractivity contribution in [3.8, 4) is 5.75 Å². The lowest BCUT2D eigenvalue weighted by atomic mass is 9.90. The van der Waals surface area contributed by atoms with E-state index >= 15 is 0 Å². The maximum atomic E-state index is 11.5. The van der Waals surface area contributed by atoms with Crippen LogP contribution in [-0.2, 0) is 14.3 Å². The molecule has 116 valence electrons. The Morgan fingerprint density at radius 2 is 2.24 bits per heavy atom. The summed E-state index contributed by atoms with van der Waals surface area (Å²) in [5.41, 5.74) is 0.399. The van der Waals surface area contributed by atoms with E-state index in [1.54, 1.807) is 19.1 Å². The molecule has 1 aromatic rings. The molecule has 0 amide bonds. The van der Waals surface area contributed by atoms with E-state index in [1.807, 2.05) is 0 Å².